The average Bonchev–Trinajstić information content (AvgIpc) is 3.00. The van der Waals surface area contributed by atoms with Crippen molar-refractivity contribution in [1.82, 2.24) is 5.16 Å². The molecule has 0 aliphatic rings. The molecule has 3 aromatic rings. The maximum atomic E-state index is 12.4. The summed E-state index contributed by atoms with van der Waals surface area (Å²) in [5.74, 6) is 0.643. The molecule has 0 unspecified atom stereocenters. The monoisotopic (exact) mass is 334 g/mol. The van der Waals surface area contributed by atoms with Gasteiger partial charge in [-0.05, 0) is 36.4 Å². The molecule has 6 heteroatoms. The molecule has 1 aromatic heterocycles. The van der Waals surface area contributed by atoms with Gasteiger partial charge in [0.25, 0.3) is 0 Å². The number of hydrogen-bond acceptors (Lipinski definition) is 4. The minimum Gasteiger partial charge on any atom is -0.489 e. The van der Waals surface area contributed by atoms with E-state index in [1.165, 1.54) is 0 Å². The number of hydrogen-bond donors (Lipinski definition) is 1. The molecule has 23 heavy (non-hydrogen) atoms. The molecule has 0 bridgehead atoms. The van der Waals surface area contributed by atoms with E-state index < -0.39 is 0 Å². The van der Waals surface area contributed by atoms with Crippen molar-refractivity contribution in [3.8, 4) is 17.0 Å². The average molecular weight is 335 g/mol. The van der Waals surface area contributed by atoms with Gasteiger partial charge in [0.05, 0.1) is 6.33 Å². The van der Waals surface area contributed by atoms with E-state index in [1.54, 1.807) is 0 Å². The van der Waals surface area contributed by atoms with E-state index in [4.69, 9.17) is 15.0 Å². The summed E-state index contributed by atoms with van der Waals surface area (Å²) in [6.45, 7) is 0.277. The summed E-state index contributed by atoms with van der Waals surface area (Å²) in [5, 5.41) is 5.07. The van der Waals surface area contributed by atoms with Gasteiger partial charge in [0.1, 0.15) is 18.1 Å². The number of ether oxygens (including phenoxy) is 1. The van der Waals surface area contributed by atoms with Crippen LogP contribution in [0.25, 0.3) is 22.2 Å². The lowest BCUT2D eigenvalue weighted by Gasteiger charge is -2.07. The van der Waals surface area contributed by atoms with E-state index in [-0.39, 0.29) is 25.6 Å². The summed E-state index contributed by atoms with van der Waals surface area (Å²) in [5.41, 5.74) is 8.25. The second kappa shape index (κ2) is 7.76. The maximum Gasteiger partial charge on any atom is 0.167 e. The third-order valence-corrected chi connectivity index (χ3v) is 3.35. The molecule has 0 atom stereocenters. The van der Waals surface area contributed by atoms with Gasteiger partial charge in [-0.1, -0.05) is 17.3 Å². The highest BCUT2D eigenvalue weighted by atomic mass is 35.5. The Labute approximate surface area is 139 Å². The zero-order valence-electron chi connectivity index (χ0n) is 12.2. The molecule has 1 heterocycles. The lowest BCUT2D eigenvalue weighted by molar-refractivity contribution is 0.347. The number of nitrogens with two attached hydrogens (primary N) is 1. The molecule has 0 radical (unpaired) electrons. The van der Waals surface area contributed by atoms with Crippen molar-refractivity contribution in [1.29, 1.82) is 0 Å². The molecular weight excluding hydrogens is 319 g/mol. The fourth-order valence-corrected chi connectivity index (χ4v) is 2.11. The number of para-hydroxylation sites is 1. The van der Waals surface area contributed by atoms with Crippen LogP contribution in [0.2, 0.25) is 0 Å². The number of rotatable bonds is 5. The van der Waals surface area contributed by atoms with Gasteiger partial charge in [0, 0.05) is 23.1 Å². The first-order valence-corrected chi connectivity index (χ1v) is 6.87. The van der Waals surface area contributed by atoms with E-state index in [2.05, 4.69) is 5.16 Å². The van der Waals surface area contributed by atoms with Crippen molar-refractivity contribution in [2.75, 3.05) is 13.2 Å². The highest BCUT2D eigenvalue weighted by Gasteiger charge is 2.09. The smallest absolute Gasteiger partial charge is 0.167 e. The largest absolute Gasteiger partial charge is 0.489 e. The van der Waals surface area contributed by atoms with E-state index >= 15 is 0 Å². The molecule has 0 saturated carbocycles. The molecule has 0 fully saturated rings. The molecule has 0 spiro atoms. The fourth-order valence-electron chi connectivity index (χ4n) is 2.11. The van der Waals surface area contributed by atoms with Crippen LogP contribution in [0, 0.1) is 0 Å². The van der Waals surface area contributed by atoms with Crippen LogP contribution in [-0.2, 0) is 0 Å². The number of benzene rings is 2. The van der Waals surface area contributed by atoms with Gasteiger partial charge in [-0.15, -0.1) is 12.4 Å². The molecule has 120 valence electrons. The van der Waals surface area contributed by atoms with Gasteiger partial charge < -0.3 is 15.0 Å². The summed E-state index contributed by atoms with van der Waals surface area (Å²) in [7, 11) is 0. The standard InChI is InChI=1S/C17H15FN2O2.ClH/c18-9-12(10-19)11-21-14-7-5-13(6-8-14)17-15-3-1-2-4-16(15)22-20-17;/h1-9H,10-11,19H2;1H/b12-9+;. The molecule has 4 nitrogen and oxygen atoms in total. The van der Waals surface area contributed by atoms with Crippen LogP contribution in [0.3, 0.4) is 0 Å². The predicted octanol–water partition coefficient (Wildman–Crippen LogP) is 4.11. The number of aromatic nitrogens is 1. The Balaban J connectivity index is 0.00000192. The minimum atomic E-state index is 0. The number of halogens is 2. The highest BCUT2D eigenvalue weighted by Crippen LogP contribution is 2.28. The molecular formula is C17H16ClFN2O2. The van der Waals surface area contributed by atoms with Gasteiger partial charge in [-0.25, -0.2) is 4.39 Å². The lowest BCUT2D eigenvalue weighted by Crippen LogP contribution is -2.10. The van der Waals surface area contributed by atoms with Crippen LogP contribution in [0.1, 0.15) is 0 Å². The zero-order valence-corrected chi connectivity index (χ0v) is 13.1. The number of fused-ring (bicyclic) bond motifs is 1. The Kier molecular flexibility index (Phi) is 5.73. The van der Waals surface area contributed by atoms with Gasteiger partial charge in [0.2, 0.25) is 0 Å². The van der Waals surface area contributed by atoms with Gasteiger partial charge >= 0.3 is 0 Å². The topological polar surface area (TPSA) is 61.3 Å². The first kappa shape index (κ1) is 17.0. The van der Waals surface area contributed by atoms with E-state index in [1.807, 2.05) is 48.5 Å². The Hall–Kier alpha value is -2.37. The Morgan fingerprint density at radius 2 is 1.91 bits per heavy atom. The quantitative estimate of drug-likeness (QED) is 0.762. The highest BCUT2D eigenvalue weighted by molar-refractivity contribution is 5.91. The van der Waals surface area contributed by atoms with Crippen molar-refractivity contribution >= 4 is 23.4 Å². The van der Waals surface area contributed by atoms with Crippen LogP contribution in [0.4, 0.5) is 4.39 Å². The van der Waals surface area contributed by atoms with Crippen LogP contribution in [-0.4, -0.2) is 18.3 Å². The molecule has 0 amide bonds. The van der Waals surface area contributed by atoms with Crippen LogP contribution in [0.15, 0.2) is 65.0 Å². The summed E-state index contributed by atoms with van der Waals surface area (Å²) in [6.07, 6.45) is 0.482. The lowest BCUT2D eigenvalue weighted by atomic mass is 10.1. The summed E-state index contributed by atoms with van der Waals surface area (Å²) >= 11 is 0. The van der Waals surface area contributed by atoms with E-state index in [0.29, 0.717) is 17.7 Å². The summed E-state index contributed by atoms with van der Waals surface area (Å²) in [6, 6.07) is 15.1. The normalized spacial score (nSPS) is 11.3. The Morgan fingerprint density at radius 3 is 2.61 bits per heavy atom. The third-order valence-electron chi connectivity index (χ3n) is 3.35. The summed E-state index contributed by atoms with van der Waals surface area (Å²) < 4.78 is 23.2. The van der Waals surface area contributed by atoms with Gasteiger partial charge in [-0.2, -0.15) is 0 Å². The van der Waals surface area contributed by atoms with Crippen molar-refractivity contribution in [2.45, 2.75) is 0 Å². The molecule has 3 rings (SSSR count). The van der Waals surface area contributed by atoms with E-state index in [9.17, 15) is 4.39 Å². The molecule has 2 aromatic carbocycles. The third kappa shape index (κ3) is 3.70. The predicted molar refractivity (Wildman–Crippen MR) is 90.4 cm³/mol. The molecule has 0 saturated heterocycles. The first-order valence-electron chi connectivity index (χ1n) is 6.87. The van der Waals surface area contributed by atoms with Crippen LogP contribution in [0.5, 0.6) is 5.75 Å². The first-order chi connectivity index (χ1) is 10.8. The number of nitrogens with zero attached hydrogens (tertiary/aromatic N) is 1. The van der Waals surface area contributed by atoms with Crippen molar-refractivity contribution < 1.29 is 13.7 Å². The fraction of sp³-hybridized carbons (Fsp3) is 0.118. The second-order valence-electron chi connectivity index (χ2n) is 4.81. The van der Waals surface area contributed by atoms with Crippen LogP contribution >= 0.6 is 12.4 Å². The second-order valence-corrected chi connectivity index (χ2v) is 4.81. The molecule has 0 aliphatic carbocycles. The maximum absolute atomic E-state index is 12.4. The molecule has 0 aliphatic heterocycles. The SMILES string of the molecule is Cl.NC/C(=C\F)COc1ccc(-c2noc3ccccc23)cc1. The van der Waals surface area contributed by atoms with E-state index in [0.717, 1.165) is 22.2 Å². The van der Waals surface area contributed by atoms with Crippen molar-refractivity contribution in [2.24, 2.45) is 5.73 Å². The van der Waals surface area contributed by atoms with Gasteiger partial charge in [0.15, 0.2) is 5.58 Å². The minimum absolute atomic E-state index is 0. The van der Waals surface area contributed by atoms with Crippen LogP contribution < -0.4 is 10.5 Å². The zero-order chi connectivity index (χ0) is 15.4. The van der Waals surface area contributed by atoms with Gasteiger partial charge in [-0.3, -0.25) is 0 Å². The Morgan fingerprint density at radius 1 is 1.17 bits per heavy atom. The summed E-state index contributed by atoms with van der Waals surface area (Å²) in [4.78, 5) is 0. The Bertz CT molecular complexity index is 800. The molecule has 2 N–H and O–H groups in total. The van der Waals surface area contributed by atoms with Crippen molar-refractivity contribution in [3.63, 3.8) is 0 Å². The van der Waals surface area contributed by atoms with Crippen molar-refractivity contribution in [3.05, 3.63) is 60.4 Å².